The molecule has 4 heteroatoms. The summed E-state index contributed by atoms with van der Waals surface area (Å²) in [4.78, 5) is 14.8. The van der Waals surface area contributed by atoms with Crippen molar-refractivity contribution in [3.05, 3.63) is 200 Å². The number of furan rings is 1. The maximum atomic E-state index is 7.00. The fourth-order valence-electron chi connectivity index (χ4n) is 8.14. The predicted molar refractivity (Wildman–Crippen MR) is 235 cm³/mol. The number of benzene rings is 9. The molecule has 2 aromatic heterocycles. The first-order chi connectivity index (χ1) is 28.2. The van der Waals surface area contributed by atoms with E-state index in [0.717, 1.165) is 71.7 Å². The SMILES string of the molecule is c1ccc(-c2nc(-c3ccccc3)nc(-c3ccc(-c4ccc(-c5cccc(-c6cccc7ccccc67)c5)c5c4oc4c6ccccc6ccc45)cc3)n2)cc1. The Kier molecular flexibility index (Phi) is 7.78. The van der Waals surface area contributed by atoms with Crippen molar-refractivity contribution in [2.45, 2.75) is 0 Å². The molecular formula is C53H33N3O. The van der Waals surface area contributed by atoms with Gasteiger partial charge in [0.1, 0.15) is 11.2 Å². The zero-order valence-electron chi connectivity index (χ0n) is 30.8. The van der Waals surface area contributed by atoms with Crippen molar-refractivity contribution < 1.29 is 4.42 Å². The summed E-state index contributed by atoms with van der Waals surface area (Å²) in [5.74, 6) is 1.90. The highest BCUT2D eigenvalue weighted by Crippen LogP contribution is 2.44. The Morgan fingerprint density at radius 1 is 0.281 bits per heavy atom. The van der Waals surface area contributed by atoms with Crippen LogP contribution in [0, 0.1) is 0 Å². The van der Waals surface area contributed by atoms with Crippen molar-refractivity contribution in [3.8, 4) is 67.5 Å². The Labute approximate surface area is 329 Å². The van der Waals surface area contributed by atoms with Crippen LogP contribution in [-0.4, -0.2) is 15.0 Å². The molecule has 57 heavy (non-hydrogen) atoms. The molecule has 0 spiro atoms. The second-order valence-corrected chi connectivity index (χ2v) is 14.4. The third kappa shape index (κ3) is 5.74. The van der Waals surface area contributed by atoms with Gasteiger partial charge in [-0.25, -0.2) is 15.0 Å². The number of nitrogens with zero attached hydrogens (tertiary/aromatic N) is 3. The molecule has 0 amide bonds. The van der Waals surface area contributed by atoms with E-state index in [2.05, 4.69) is 140 Å². The first-order valence-electron chi connectivity index (χ1n) is 19.2. The summed E-state index contributed by atoms with van der Waals surface area (Å²) in [5.41, 5.74) is 11.3. The summed E-state index contributed by atoms with van der Waals surface area (Å²) < 4.78 is 7.00. The van der Waals surface area contributed by atoms with Crippen LogP contribution in [0.1, 0.15) is 0 Å². The highest BCUT2D eigenvalue weighted by Gasteiger charge is 2.20. The molecule has 2 heterocycles. The molecule has 0 atom stereocenters. The molecule has 0 radical (unpaired) electrons. The van der Waals surface area contributed by atoms with Gasteiger partial charge >= 0.3 is 0 Å². The summed E-state index contributed by atoms with van der Waals surface area (Å²) >= 11 is 0. The lowest BCUT2D eigenvalue weighted by atomic mass is 9.91. The van der Waals surface area contributed by atoms with Crippen LogP contribution in [0.15, 0.2) is 205 Å². The Balaban J connectivity index is 1.06. The molecule has 0 N–H and O–H groups in total. The average Bonchev–Trinajstić information content (AvgIpc) is 3.70. The zero-order chi connectivity index (χ0) is 37.7. The van der Waals surface area contributed by atoms with Gasteiger partial charge in [0, 0.05) is 38.4 Å². The van der Waals surface area contributed by atoms with Crippen LogP contribution < -0.4 is 0 Å². The first kappa shape index (κ1) is 32.7. The average molecular weight is 728 g/mol. The summed E-state index contributed by atoms with van der Waals surface area (Å²) in [6.45, 7) is 0. The van der Waals surface area contributed by atoms with Crippen molar-refractivity contribution in [2.75, 3.05) is 0 Å². The normalized spacial score (nSPS) is 11.5. The van der Waals surface area contributed by atoms with Crippen molar-refractivity contribution >= 4 is 43.5 Å². The van der Waals surface area contributed by atoms with Crippen LogP contribution in [0.4, 0.5) is 0 Å². The highest BCUT2D eigenvalue weighted by atomic mass is 16.3. The molecule has 0 aliphatic rings. The molecule has 4 nitrogen and oxygen atoms in total. The molecular weight excluding hydrogens is 695 g/mol. The number of aromatic nitrogens is 3. The van der Waals surface area contributed by atoms with E-state index in [9.17, 15) is 0 Å². The fraction of sp³-hybridized carbons (Fsp3) is 0. The minimum absolute atomic E-state index is 0.621. The Bertz CT molecular complexity index is 3220. The van der Waals surface area contributed by atoms with E-state index in [1.54, 1.807) is 0 Å². The van der Waals surface area contributed by atoms with E-state index in [1.165, 1.54) is 21.9 Å². The zero-order valence-corrected chi connectivity index (χ0v) is 30.8. The van der Waals surface area contributed by atoms with Gasteiger partial charge in [-0.2, -0.15) is 0 Å². The second kappa shape index (κ2) is 13.6. The minimum Gasteiger partial charge on any atom is -0.455 e. The highest BCUT2D eigenvalue weighted by molar-refractivity contribution is 6.21. The number of hydrogen-bond donors (Lipinski definition) is 0. The van der Waals surface area contributed by atoms with Gasteiger partial charge in [0.15, 0.2) is 17.5 Å². The second-order valence-electron chi connectivity index (χ2n) is 14.4. The maximum absolute atomic E-state index is 7.00. The Morgan fingerprint density at radius 3 is 1.46 bits per heavy atom. The lowest BCUT2D eigenvalue weighted by molar-refractivity contribution is 0.674. The van der Waals surface area contributed by atoms with Crippen LogP contribution >= 0.6 is 0 Å². The van der Waals surface area contributed by atoms with Gasteiger partial charge in [-0.3, -0.25) is 0 Å². The third-order valence-electron chi connectivity index (χ3n) is 10.9. The van der Waals surface area contributed by atoms with Crippen LogP contribution in [0.3, 0.4) is 0 Å². The van der Waals surface area contributed by atoms with E-state index in [1.807, 2.05) is 60.7 Å². The smallest absolute Gasteiger partial charge is 0.164 e. The standard InChI is InChI=1S/C53H33N3O/c1-3-15-37(16-4-1)51-54-52(38-17-5-2-6-18-38)56-53(55-51)39-27-25-36(26-28-39)46-32-31-44(48-47-30-29-35-14-8-10-23-45(35)49(47)57-50(46)48)41-21-11-20-40(33-41)43-24-12-19-34-13-7-9-22-42(34)43/h1-33H. The topological polar surface area (TPSA) is 51.8 Å². The van der Waals surface area contributed by atoms with Crippen LogP contribution in [0.25, 0.3) is 111 Å². The number of fused-ring (bicyclic) bond motifs is 6. The molecule has 0 aliphatic carbocycles. The van der Waals surface area contributed by atoms with Gasteiger partial charge in [0.05, 0.1) is 0 Å². The summed E-state index contributed by atoms with van der Waals surface area (Å²) in [6, 6.07) is 69.9. The number of rotatable bonds is 6. The van der Waals surface area contributed by atoms with Crippen molar-refractivity contribution in [2.24, 2.45) is 0 Å². The van der Waals surface area contributed by atoms with Crippen molar-refractivity contribution in [1.29, 1.82) is 0 Å². The maximum Gasteiger partial charge on any atom is 0.164 e. The van der Waals surface area contributed by atoms with Crippen LogP contribution in [0.5, 0.6) is 0 Å². The largest absolute Gasteiger partial charge is 0.455 e. The first-order valence-corrected chi connectivity index (χ1v) is 19.2. The Morgan fingerprint density at radius 2 is 0.772 bits per heavy atom. The summed E-state index contributed by atoms with van der Waals surface area (Å²) in [6.07, 6.45) is 0. The van der Waals surface area contributed by atoms with Gasteiger partial charge in [0.25, 0.3) is 0 Å². The lowest BCUT2D eigenvalue weighted by Crippen LogP contribution is -2.00. The molecule has 0 unspecified atom stereocenters. The van der Waals surface area contributed by atoms with Gasteiger partial charge in [-0.1, -0.05) is 182 Å². The molecule has 9 aromatic carbocycles. The molecule has 0 aliphatic heterocycles. The summed E-state index contributed by atoms with van der Waals surface area (Å²) in [5, 5.41) is 6.92. The summed E-state index contributed by atoms with van der Waals surface area (Å²) in [7, 11) is 0. The molecule has 266 valence electrons. The van der Waals surface area contributed by atoms with E-state index in [-0.39, 0.29) is 0 Å². The van der Waals surface area contributed by atoms with Gasteiger partial charge in [0.2, 0.25) is 0 Å². The Hall–Kier alpha value is -7.69. The molecule has 11 rings (SSSR count). The van der Waals surface area contributed by atoms with Gasteiger partial charge < -0.3 is 4.42 Å². The molecule has 0 bridgehead atoms. The van der Waals surface area contributed by atoms with Crippen LogP contribution in [-0.2, 0) is 0 Å². The van der Waals surface area contributed by atoms with Crippen molar-refractivity contribution in [3.63, 3.8) is 0 Å². The quantitative estimate of drug-likeness (QED) is 0.171. The third-order valence-corrected chi connectivity index (χ3v) is 10.9. The van der Waals surface area contributed by atoms with Gasteiger partial charge in [-0.15, -0.1) is 0 Å². The lowest BCUT2D eigenvalue weighted by Gasteiger charge is -2.12. The van der Waals surface area contributed by atoms with E-state index in [0.29, 0.717) is 17.5 Å². The monoisotopic (exact) mass is 727 g/mol. The number of hydrogen-bond acceptors (Lipinski definition) is 4. The van der Waals surface area contributed by atoms with Gasteiger partial charge in [-0.05, 0) is 62.2 Å². The fourth-order valence-corrected chi connectivity index (χ4v) is 8.14. The van der Waals surface area contributed by atoms with Crippen LogP contribution in [0.2, 0.25) is 0 Å². The molecule has 11 aromatic rings. The van der Waals surface area contributed by atoms with Crippen molar-refractivity contribution in [1.82, 2.24) is 15.0 Å². The molecule has 0 saturated carbocycles. The predicted octanol–water partition coefficient (Wildman–Crippen LogP) is 14.1. The van der Waals surface area contributed by atoms with E-state index in [4.69, 9.17) is 19.4 Å². The molecule has 0 saturated heterocycles. The van der Waals surface area contributed by atoms with E-state index < -0.39 is 0 Å². The minimum atomic E-state index is 0.621. The molecule has 0 fully saturated rings. The van der Waals surface area contributed by atoms with E-state index >= 15 is 0 Å².